The minimum Gasteiger partial charge on any atom is -0.463 e. The molecule has 0 bridgehead atoms. The zero-order valence-electron chi connectivity index (χ0n) is 17.0. The Morgan fingerprint density at radius 3 is 2.52 bits per heavy atom. The number of hydrogen-bond donors (Lipinski definition) is 1. The number of thioether (sulfide) groups is 1. The highest BCUT2D eigenvalue weighted by molar-refractivity contribution is 8.02. The van der Waals surface area contributed by atoms with E-state index in [2.05, 4.69) is 4.98 Å². The van der Waals surface area contributed by atoms with Gasteiger partial charge >= 0.3 is 17.6 Å². The Kier molecular flexibility index (Phi) is 6.23. The quantitative estimate of drug-likeness (QED) is 0.673. The molecule has 1 aromatic rings. The summed E-state index contributed by atoms with van der Waals surface area (Å²) in [6.07, 6.45) is 0.145. The number of carbonyl (C=O) groups is 2. The third-order valence-electron chi connectivity index (χ3n) is 5.08. The molecule has 2 aliphatic heterocycles. The van der Waals surface area contributed by atoms with E-state index in [0.717, 1.165) is 5.75 Å². The molecule has 2 fully saturated rings. The van der Waals surface area contributed by atoms with Crippen LogP contribution in [0, 0.1) is 11.8 Å². The minimum absolute atomic E-state index is 0.0665. The summed E-state index contributed by atoms with van der Waals surface area (Å²) in [6.45, 7) is 6.90. The summed E-state index contributed by atoms with van der Waals surface area (Å²) in [5, 5.41) is 0. The molecule has 0 radical (unpaired) electrons. The second kappa shape index (κ2) is 8.35. The Hall–Kier alpha value is -2.07. The molecule has 1 aromatic heterocycles. The Morgan fingerprint density at radius 1 is 1.34 bits per heavy atom. The number of esters is 2. The van der Waals surface area contributed by atoms with E-state index in [1.54, 1.807) is 39.5 Å². The van der Waals surface area contributed by atoms with E-state index in [-0.39, 0.29) is 36.2 Å². The van der Waals surface area contributed by atoms with Crippen LogP contribution < -0.4 is 11.4 Å². The van der Waals surface area contributed by atoms with Crippen LogP contribution in [0.2, 0.25) is 0 Å². The summed E-state index contributed by atoms with van der Waals surface area (Å²) in [5.74, 6) is -0.396. The molecule has 29 heavy (non-hydrogen) atoms. The van der Waals surface area contributed by atoms with E-state index in [4.69, 9.17) is 19.9 Å². The molecule has 2 aliphatic rings. The van der Waals surface area contributed by atoms with Gasteiger partial charge < -0.3 is 19.9 Å². The number of nitrogen functional groups attached to an aromatic ring is 1. The highest BCUT2D eigenvalue weighted by Gasteiger charge is 2.63. The Morgan fingerprint density at radius 2 is 2.00 bits per heavy atom. The maximum atomic E-state index is 12.4. The normalized spacial score (nSPS) is 28.6. The minimum atomic E-state index is -0.713. The van der Waals surface area contributed by atoms with Crippen molar-refractivity contribution in [3.05, 3.63) is 22.7 Å². The van der Waals surface area contributed by atoms with Crippen molar-refractivity contribution >= 4 is 29.5 Å². The van der Waals surface area contributed by atoms with Gasteiger partial charge in [-0.25, -0.2) is 4.79 Å². The predicted molar refractivity (Wildman–Crippen MR) is 107 cm³/mol. The molecule has 0 saturated carbocycles. The second-order valence-corrected chi connectivity index (χ2v) is 9.38. The van der Waals surface area contributed by atoms with Crippen LogP contribution in [-0.4, -0.2) is 50.8 Å². The number of aromatic nitrogens is 2. The first-order valence-electron chi connectivity index (χ1n) is 9.67. The molecule has 4 atom stereocenters. The summed E-state index contributed by atoms with van der Waals surface area (Å²) in [7, 11) is 0. The van der Waals surface area contributed by atoms with Crippen LogP contribution in [0.15, 0.2) is 17.1 Å². The largest absolute Gasteiger partial charge is 0.463 e. The fourth-order valence-corrected chi connectivity index (χ4v) is 4.72. The maximum Gasteiger partial charge on any atom is 0.351 e. The van der Waals surface area contributed by atoms with Gasteiger partial charge in [-0.3, -0.25) is 14.2 Å². The molecule has 0 amide bonds. The van der Waals surface area contributed by atoms with E-state index in [1.807, 2.05) is 0 Å². The first-order valence-corrected chi connectivity index (χ1v) is 10.7. The summed E-state index contributed by atoms with van der Waals surface area (Å²) >= 11 is 1.58. The lowest BCUT2D eigenvalue weighted by Gasteiger charge is -2.44. The third kappa shape index (κ3) is 4.13. The monoisotopic (exact) mass is 425 g/mol. The van der Waals surface area contributed by atoms with Gasteiger partial charge in [-0.15, -0.1) is 11.8 Å². The van der Waals surface area contributed by atoms with Crippen molar-refractivity contribution in [2.75, 3.05) is 18.1 Å². The van der Waals surface area contributed by atoms with E-state index < -0.39 is 28.9 Å². The van der Waals surface area contributed by atoms with Crippen LogP contribution in [0.3, 0.4) is 0 Å². The Balaban J connectivity index is 1.93. The fraction of sp³-hybridized carbons (Fsp3) is 0.684. The first-order chi connectivity index (χ1) is 13.7. The highest BCUT2D eigenvalue weighted by atomic mass is 32.2. The van der Waals surface area contributed by atoms with Gasteiger partial charge in [0.1, 0.15) is 23.3 Å². The number of carbonyl (C=O) groups excluding carboxylic acids is 2. The topological polar surface area (TPSA) is 123 Å². The molecule has 2 saturated heterocycles. The first kappa shape index (κ1) is 21.6. The number of hydrogen-bond acceptors (Lipinski definition) is 9. The number of nitrogens with two attached hydrogens (primary N) is 1. The van der Waals surface area contributed by atoms with Gasteiger partial charge in [0.05, 0.1) is 11.8 Å². The highest BCUT2D eigenvalue weighted by Crippen LogP contribution is 2.57. The summed E-state index contributed by atoms with van der Waals surface area (Å²) in [5.41, 5.74) is 5.06. The van der Waals surface area contributed by atoms with Gasteiger partial charge in [-0.05, 0) is 18.2 Å². The van der Waals surface area contributed by atoms with Crippen molar-refractivity contribution in [3.8, 4) is 0 Å². The average molecular weight is 426 g/mol. The number of ether oxygens (including phenoxy) is 3. The number of nitrogens with zero attached hydrogens (tertiary/aromatic N) is 2. The smallest absolute Gasteiger partial charge is 0.351 e. The zero-order valence-corrected chi connectivity index (χ0v) is 17.8. The van der Waals surface area contributed by atoms with Crippen molar-refractivity contribution in [2.24, 2.45) is 11.8 Å². The lowest BCUT2D eigenvalue weighted by atomic mass is 9.93. The van der Waals surface area contributed by atoms with Gasteiger partial charge in [-0.1, -0.05) is 27.7 Å². The molecule has 3 heterocycles. The average Bonchev–Trinajstić information content (AvgIpc) is 2.93. The summed E-state index contributed by atoms with van der Waals surface area (Å²) < 4.78 is 18.1. The zero-order chi connectivity index (χ0) is 21.3. The van der Waals surface area contributed by atoms with Gasteiger partial charge in [0.15, 0.2) is 12.3 Å². The Labute approximate surface area is 173 Å². The van der Waals surface area contributed by atoms with Crippen LogP contribution in [-0.2, 0) is 23.8 Å². The van der Waals surface area contributed by atoms with Crippen molar-refractivity contribution < 1.29 is 23.8 Å². The lowest BCUT2D eigenvalue weighted by molar-refractivity contribution is -0.162. The van der Waals surface area contributed by atoms with Crippen LogP contribution >= 0.6 is 11.8 Å². The summed E-state index contributed by atoms with van der Waals surface area (Å²) in [4.78, 5) is 40.6. The molecule has 9 nitrogen and oxygen atoms in total. The molecule has 160 valence electrons. The van der Waals surface area contributed by atoms with Crippen molar-refractivity contribution in [1.82, 2.24) is 9.55 Å². The van der Waals surface area contributed by atoms with Crippen molar-refractivity contribution in [2.45, 2.75) is 57.3 Å². The van der Waals surface area contributed by atoms with Crippen LogP contribution in [0.1, 0.15) is 40.3 Å². The number of rotatable bonds is 6. The molecular weight excluding hydrogens is 398 g/mol. The molecule has 2 N–H and O–H groups in total. The molecule has 0 unspecified atom stereocenters. The van der Waals surface area contributed by atoms with Crippen LogP contribution in [0.4, 0.5) is 5.82 Å². The Bertz CT molecular complexity index is 835. The van der Waals surface area contributed by atoms with E-state index >= 15 is 0 Å². The molecule has 3 rings (SSSR count). The van der Waals surface area contributed by atoms with Gasteiger partial charge in [0, 0.05) is 6.20 Å². The SMILES string of the molecule is CC(C)C(=O)OC[C@H]1O[C@@H](n2ccc(N)nc2=O)[C@@]2(CCS2)[C@@H]1OC(=O)C(C)C. The maximum absolute atomic E-state index is 12.4. The second-order valence-electron chi connectivity index (χ2n) is 7.92. The van der Waals surface area contributed by atoms with Crippen LogP contribution in [0.25, 0.3) is 0 Å². The third-order valence-corrected chi connectivity index (χ3v) is 6.67. The van der Waals surface area contributed by atoms with E-state index in [0.29, 0.717) is 6.42 Å². The van der Waals surface area contributed by atoms with Crippen molar-refractivity contribution in [3.63, 3.8) is 0 Å². The lowest BCUT2D eigenvalue weighted by Crippen LogP contribution is -2.53. The molecule has 10 heteroatoms. The molecular formula is C19H27N3O6S. The predicted octanol–water partition coefficient (Wildman–Crippen LogP) is 1.37. The van der Waals surface area contributed by atoms with E-state index in [9.17, 15) is 14.4 Å². The van der Waals surface area contributed by atoms with Crippen LogP contribution in [0.5, 0.6) is 0 Å². The number of anilines is 1. The molecule has 0 aliphatic carbocycles. The van der Waals surface area contributed by atoms with E-state index in [1.165, 1.54) is 16.8 Å². The molecule has 1 spiro atoms. The van der Waals surface area contributed by atoms with Gasteiger partial charge in [0.2, 0.25) is 0 Å². The van der Waals surface area contributed by atoms with Gasteiger partial charge in [0.25, 0.3) is 0 Å². The molecule has 0 aromatic carbocycles. The fourth-order valence-electron chi connectivity index (χ4n) is 3.36. The standard InChI is InChI=1S/C19H27N3O6S/c1-10(2)15(23)26-9-12-14(28-16(24)11(3)4)19(6-8-29-19)17(27-12)22-7-5-13(20)21-18(22)25/h5,7,10-12,14,17H,6,8-9H2,1-4H3,(H2,20,21,25)/t12-,14-,17-,19-/m1/s1. The summed E-state index contributed by atoms with van der Waals surface area (Å²) in [6, 6.07) is 1.52. The van der Waals surface area contributed by atoms with Gasteiger partial charge in [-0.2, -0.15) is 4.98 Å². The van der Waals surface area contributed by atoms with Crippen molar-refractivity contribution in [1.29, 1.82) is 0 Å².